The first-order chi connectivity index (χ1) is 9.88. The molecule has 1 heterocycles. The third-order valence-corrected chi connectivity index (χ3v) is 3.71. The summed E-state index contributed by atoms with van der Waals surface area (Å²) in [5, 5.41) is 11.9. The van der Waals surface area contributed by atoms with Gasteiger partial charge < -0.3 is 24.8 Å². The van der Waals surface area contributed by atoms with Crippen LogP contribution >= 0.6 is 0 Å². The van der Waals surface area contributed by atoms with Crippen LogP contribution in [0.2, 0.25) is 0 Å². The largest absolute Gasteiger partial charge is 0.481 e. The molecule has 3 atom stereocenters. The van der Waals surface area contributed by atoms with E-state index in [2.05, 4.69) is 5.32 Å². The lowest BCUT2D eigenvalue weighted by Gasteiger charge is -2.20. The highest BCUT2D eigenvalue weighted by Gasteiger charge is 2.35. The summed E-state index contributed by atoms with van der Waals surface area (Å²) in [4.78, 5) is 24.8. The van der Waals surface area contributed by atoms with Gasteiger partial charge in [-0.05, 0) is 12.3 Å². The van der Waals surface area contributed by atoms with Crippen LogP contribution in [0, 0.1) is 11.8 Å². The van der Waals surface area contributed by atoms with Gasteiger partial charge in [0.25, 0.3) is 0 Å². The van der Waals surface area contributed by atoms with Gasteiger partial charge in [-0.15, -0.1) is 0 Å². The number of hydrogen-bond acceptors (Lipinski definition) is 4. The molecule has 2 amide bonds. The highest BCUT2D eigenvalue weighted by Crippen LogP contribution is 2.16. The maximum Gasteiger partial charge on any atom is 0.317 e. The van der Waals surface area contributed by atoms with E-state index in [0.29, 0.717) is 19.5 Å². The molecular weight excluding hydrogens is 276 g/mol. The molecule has 122 valence electrons. The summed E-state index contributed by atoms with van der Waals surface area (Å²) in [6.07, 6.45) is 0.246. The number of urea groups is 1. The van der Waals surface area contributed by atoms with Crippen LogP contribution < -0.4 is 5.32 Å². The van der Waals surface area contributed by atoms with Crippen molar-refractivity contribution in [2.75, 3.05) is 33.9 Å². The zero-order chi connectivity index (χ0) is 16.0. The molecule has 1 fully saturated rings. The fourth-order valence-electron chi connectivity index (χ4n) is 2.53. The number of methoxy groups -OCH3 is 2. The van der Waals surface area contributed by atoms with Crippen molar-refractivity contribution >= 4 is 12.0 Å². The molecule has 0 bridgehead atoms. The van der Waals surface area contributed by atoms with Crippen molar-refractivity contribution in [2.45, 2.75) is 32.5 Å². The van der Waals surface area contributed by atoms with Crippen LogP contribution in [0.4, 0.5) is 4.79 Å². The predicted octanol–water partition coefficient (Wildman–Crippen LogP) is 0.789. The summed E-state index contributed by atoms with van der Waals surface area (Å²) in [5.41, 5.74) is 0. The average molecular weight is 302 g/mol. The molecule has 0 aliphatic carbocycles. The fourth-order valence-corrected chi connectivity index (χ4v) is 2.53. The lowest BCUT2D eigenvalue weighted by molar-refractivity contribution is -0.142. The van der Waals surface area contributed by atoms with Crippen LogP contribution in [0.15, 0.2) is 0 Å². The number of amides is 2. The smallest absolute Gasteiger partial charge is 0.317 e. The minimum atomic E-state index is -0.880. The Bertz CT molecular complexity index is 349. The number of nitrogens with zero attached hydrogens (tertiary/aromatic N) is 1. The Morgan fingerprint density at radius 3 is 2.14 bits per heavy atom. The number of carboxylic acid groups (broad SMARTS) is 1. The Morgan fingerprint density at radius 2 is 1.76 bits per heavy atom. The van der Waals surface area contributed by atoms with E-state index in [9.17, 15) is 9.59 Å². The van der Waals surface area contributed by atoms with Gasteiger partial charge in [0.15, 0.2) is 0 Å². The Labute approximate surface area is 125 Å². The molecule has 1 aliphatic heterocycles. The van der Waals surface area contributed by atoms with E-state index in [1.165, 1.54) is 0 Å². The van der Waals surface area contributed by atoms with Crippen molar-refractivity contribution in [3.05, 3.63) is 0 Å². The molecule has 7 nitrogen and oxygen atoms in total. The van der Waals surface area contributed by atoms with Crippen LogP contribution in [0.25, 0.3) is 0 Å². The Morgan fingerprint density at radius 1 is 1.24 bits per heavy atom. The lowest BCUT2D eigenvalue weighted by atomic mass is 9.97. The van der Waals surface area contributed by atoms with Gasteiger partial charge in [-0.1, -0.05) is 13.8 Å². The van der Waals surface area contributed by atoms with Gasteiger partial charge in [-0.2, -0.15) is 0 Å². The SMILES string of the molecule is COC1CN(C(=O)NCC(CC(C)C)C(=O)O)CC1OC. The second-order valence-electron chi connectivity index (χ2n) is 5.80. The molecule has 1 saturated heterocycles. The summed E-state index contributed by atoms with van der Waals surface area (Å²) < 4.78 is 10.5. The molecule has 7 heteroatoms. The van der Waals surface area contributed by atoms with Crippen LogP contribution in [-0.4, -0.2) is 68.1 Å². The van der Waals surface area contributed by atoms with Crippen LogP contribution in [0.3, 0.4) is 0 Å². The van der Waals surface area contributed by atoms with E-state index >= 15 is 0 Å². The Hall–Kier alpha value is -1.34. The Kier molecular flexibility index (Phi) is 6.91. The molecule has 0 aromatic rings. The summed E-state index contributed by atoms with van der Waals surface area (Å²) in [6.45, 7) is 4.96. The van der Waals surface area contributed by atoms with Crippen molar-refractivity contribution in [2.24, 2.45) is 11.8 Å². The number of carboxylic acids is 1. The van der Waals surface area contributed by atoms with E-state index in [-0.39, 0.29) is 30.7 Å². The molecule has 0 saturated carbocycles. The molecule has 3 unspecified atom stereocenters. The molecule has 1 aliphatic rings. The molecule has 0 radical (unpaired) electrons. The first-order valence-electron chi connectivity index (χ1n) is 7.20. The minimum absolute atomic E-state index is 0.137. The highest BCUT2D eigenvalue weighted by atomic mass is 16.5. The van der Waals surface area contributed by atoms with Crippen molar-refractivity contribution < 1.29 is 24.2 Å². The van der Waals surface area contributed by atoms with Gasteiger partial charge in [-0.25, -0.2) is 4.79 Å². The normalized spacial score (nSPS) is 23.4. The standard InChI is InChI=1S/C14H26N2O5/c1-9(2)5-10(13(17)18)6-15-14(19)16-7-11(20-3)12(8-16)21-4/h9-12H,5-8H2,1-4H3,(H,15,19)(H,17,18). The second-order valence-corrected chi connectivity index (χ2v) is 5.80. The topological polar surface area (TPSA) is 88.1 Å². The lowest BCUT2D eigenvalue weighted by Crippen LogP contribution is -2.42. The average Bonchev–Trinajstić information content (AvgIpc) is 2.85. The van der Waals surface area contributed by atoms with Gasteiger partial charge in [-0.3, -0.25) is 4.79 Å². The summed E-state index contributed by atoms with van der Waals surface area (Å²) in [7, 11) is 3.17. The molecular formula is C14H26N2O5. The molecule has 0 spiro atoms. The number of aliphatic carboxylic acids is 1. The summed E-state index contributed by atoms with van der Waals surface area (Å²) in [6, 6.07) is -0.272. The summed E-state index contributed by atoms with van der Waals surface area (Å²) >= 11 is 0. The predicted molar refractivity (Wildman–Crippen MR) is 77.1 cm³/mol. The first kappa shape index (κ1) is 17.7. The maximum absolute atomic E-state index is 12.1. The third-order valence-electron chi connectivity index (χ3n) is 3.71. The quantitative estimate of drug-likeness (QED) is 0.726. The van der Waals surface area contributed by atoms with Gasteiger partial charge in [0.1, 0.15) is 12.2 Å². The van der Waals surface area contributed by atoms with Crippen LogP contribution in [0.1, 0.15) is 20.3 Å². The number of hydrogen-bond donors (Lipinski definition) is 2. The third kappa shape index (κ3) is 5.17. The fraction of sp³-hybridized carbons (Fsp3) is 0.857. The molecule has 0 aromatic heterocycles. The highest BCUT2D eigenvalue weighted by molar-refractivity contribution is 5.76. The number of carbonyl (C=O) groups is 2. The van der Waals surface area contributed by atoms with E-state index in [1.807, 2.05) is 13.8 Å². The van der Waals surface area contributed by atoms with Crippen molar-refractivity contribution in [3.63, 3.8) is 0 Å². The Balaban J connectivity index is 2.48. The van der Waals surface area contributed by atoms with E-state index < -0.39 is 11.9 Å². The van der Waals surface area contributed by atoms with Gasteiger partial charge in [0, 0.05) is 20.8 Å². The number of nitrogens with one attached hydrogen (secondary N) is 1. The monoisotopic (exact) mass is 302 g/mol. The second kappa shape index (κ2) is 8.19. The van der Waals surface area contributed by atoms with Gasteiger partial charge >= 0.3 is 12.0 Å². The zero-order valence-corrected chi connectivity index (χ0v) is 13.2. The molecule has 1 rings (SSSR count). The maximum atomic E-state index is 12.1. The van der Waals surface area contributed by atoms with E-state index in [0.717, 1.165) is 0 Å². The van der Waals surface area contributed by atoms with Crippen molar-refractivity contribution in [1.82, 2.24) is 10.2 Å². The van der Waals surface area contributed by atoms with Crippen molar-refractivity contribution in [3.8, 4) is 0 Å². The van der Waals surface area contributed by atoms with E-state index in [4.69, 9.17) is 14.6 Å². The number of rotatable bonds is 7. The van der Waals surface area contributed by atoms with Crippen LogP contribution in [0.5, 0.6) is 0 Å². The molecule has 0 aromatic carbocycles. The molecule has 2 N–H and O–H groups in total. The number of likely N-dealkylation sites (tertiary alicyclic amines) is 1. The first-order valence-corrected chi connectivity index (χ1v) is 7.20. The van der Waals surface area contributed by atoms with Gasteiger partial charge in [0.05, 0.1) is 19.0 Å². The number of carbonyl (C=O) groups excluding carboxylic acids is 1. The van der Waals surface area contributed by atoms with E-state index in [1.54, 1.807) is 19.1 Å². The summed E-state index contributed by atoms with van der Waals surface area (Å²) in [5.74, 6) is -1.17. The minimum Gasteiger partial charge on any atom is -0.481 e. The molecule has 21 heavy (non-hydrogen) atoms. The number of ether oxygens (including phenoxy) is 2. The van der Waals surface area contributed by atoms with Crippen molar-refractivity contribution in [1.29, 1.82) is 0 Å². The van der Waals surface area contributed by atoms with Crippen LogP contribution in [-0.2, 0) is 14.3 Å². The van der Waals surface area contributed by atoms with Gasteiger partial charge in [0.2, 0.25) is 0 Å². The zero-order valence-electron chi connectivity index (χ0n) is 13.2.